The minimum atomic E-state index is -0.729. The van der Waals surface area contributed by atoms with Gasteiger partial charge in [-0.25, -0.2) is 4.98 Å². The summed E-state index contributed by atoms with van der Waals surface area (Å²) in [4.78, 5) is 21.6. The number of hydrogen-bond donors (Lipinski definition) is 1. The molecule has 1 saturated heterocycles. The normalized spacial score (nSPS) is 19.3. The molecule has 2 N–H and O–H groups in total. The van der Waals surface area contributed by atoms with Crippen molar-refractivity contribution in [3.63, 3.8) is 0 Å². The van der Waals surface area contributed by atoms with Gasteiger partial charge in [0.25, 0.3) is 0 Å². The minimum absolute atomic E-state index is 0.0904. The Kier molecular flexibility index (Phi) is 6.04. The molecule has 0 bridgehead atoms. The van der Waals surface area contributed by atoms with E-state index in [1.807, 2.05) is 11.8 Å². The molecule has 0 aromatic carbocycles. The molecule has 1 unspecified atom stereocenters. The molecule has 1 aromatic rings. The van der Waals surface area contributed by atoms with Crippen LogP contribution in [-0.4, -0.2) is 52.4 Å². The number of nitrogens with zero attached hydrogens (tertiary/aromatic N) is 3. The fourth-order valence-corrected chi connectivity index (χ4v) is 3.95. The van der Waals surface area contributed by atoms with Gasteiger partial charge in [-0.3, -0.25) is 9.69 Å². The van der Waals surface area contributed by atoms with Crippen LogP contribution in [0.2, 0.25) is 0 Å². The zero-order valence-electron chi connectivity index (χ0n) is 15.8. The number of carbonyl (C=O) groups excluding carboxylic acids is 1. The molecule has 1 atom stereocenters. The van der Waals surface area contributed by atoms with Gasteiger partial charge >= 0.3 is 0 Å². The van der Waals surface area contributed by atoms with Crippen molar-refractivity contribution in [2.24, 2.45) is 5.73 Å². The lowest BCUT2D eigenvalue weighted by molar-refractivity contribution is -0.138. The van der Waals surface area contributed by atoms with E-state index in [9.17, 15) is 4.79 Å². The number of rotatable bonds is 5. The highest BCUT2D eigenvalue weighted by atomic mass is 32.1. The van der Waals surface area contributed by atoms with Crippen molar-refractivity contribution < 1.29 is 4.79 Å². The molecule has 0 radical (unpaired) electrons. The quantitative estimate of drug-likeness (QED) is 0.885. The molecule has 0 aliphatic carbocycles. The van der Waals surface area contributed by atoms with Gasteiger partial charge in [0.05, 0.1) is 16.2 Å². The van der Waals surface area contributed by atoms with E-state index < -0.39 is 5.54 Å². The van der Waals surface area contributed by atoms with Gasteiger partial charge in [-0.2, -0.15) is 0 Å². The van der Waals surface area contributed by atoms with Crippen molar-refractivity contribution >= 4 is 17.2 Å². The monoisotopic (exact) mass is 352 g/mol. The van der Waals surface area contributed by atoms with Crippen LogP contribution in [0.3, 0.4) is 0 Å². The highest BCUT2D eigenvalue weighted by Crippen LogP contribution is 2.26. The van der Waals surface area contributed by atoms with Gasteiger partial charge in [-0.05, 0) is 13.3 Å². The third-order valence-corrected chi connectivity index (χ3v) is 5.81. The van der Waals surface area contributed by atoms with Crippen LogP contribution in [0.4, 0.5) is 0 Å². The number of piperazine rings is 1. The van der Waals surface area contributed by atoms with E-state index in [0.717, 1.165) is 51.3 Å². The first-order valence-corrected chi connectivity index (χ1v) is 9.77. The Morgan fingerprint density at radius 1 is 1.25 bits per heavy atom. The molecule has 136 valence electrons. The summed E-state index contributed by atoms with van der Waals surface area (Å²) < 4.78 is 0. The predicted octanol–water partition coefficient (Wildman–Crippen LogP) is 2.60. The third kappa shape index (κ3) is 4.77. The number of amides is 1. The van der Waals surface area contributed by atoms with Gasteiger partial charge in [0.2, 0.25) is 5.91 Å². The van der Waals surface area contributed by atoms with Gasteiger partial charge in [-0.15, -0.1) is 11.3 Å². The van der Waals surface area contributed by atoms with Crippen LogP contribution >= 0.6 is 11.3 Å². The molecule has 6 heteroatoms. The van der Waals surface area contributed by atoms with Crippen molar-refractivity contribution in [1.82, 2.24) is 14.8 Å². The number of hydrogen-bond acceptors (Lipinski definition) is 5. The highest BCUT2D eigenvalue weighted by molar-refractivity contribution is 7.09. The Balaban J connectivity index is 1.87. The van der Waals surface area contributed by atoms with E-state index in [2.05, 4.69) is 38.0 Å². The van der Waals surface area contributed by atoms with E-state index in [1.54, 1.807) is 11.3 Å². The highest BCUT2D eigenvalue weighted by Gasteiger charge is 2.33. The van der Waals surface area contributed by atoms with Crippen molar-refractivity contribution in [3.05, 3.63) is 16.1 Å². The first-order valence-electron chi connectivity index (χ1n) is 8.89. The van der Waals surface area contributed by atoms with Crippen molar-refractivity contribution in [2.75, 3.05) is 26.2 Å². The fourth-order valence-electron chi connectivity index (χ4n) is 3.05. The SMILES string of the molecule is CCCC(C)(N)C(=O)N1CCN(Cc2csc(C(C)(C)C)n2)CC1. The molecule has 24 heavy (non-hydrogen) atoms. The van der Waals surface area contributed by atoms with Crippen LogP contribution in [0.25, 0.3) is 0 Å². The van der Waals surface area contributed by atoms with Gasteiger partial charge < -0.3 is 10.6 Å². The van der Waals surface area contributed by atoms with Crippen LogP contribution in [0, 0.1) is 0 Å². The summed E-state index contributed by atoms with van der Waals surface area (Å²) in [6.45, 7) is 14.7. The standard InChI is InChI=1S/C18H32N4OS/c1-6-7-18(5,19)16(23)22-10-8-21(9-11-22)12-14-13-24-15(20-14)17(2,3)4/h13H,6-12,19H2,1-5H3. The van der Waals surface area contributed by atoms with E-state index >= 15 is 0 Å². The number of aromatic nitrogens is 1. The lowest BCUT2D eigenvalue weighted by Gasteiger charge is -2.38. The Hall–Kier alpha value is -0.980. The first-order chi connectivity index (χ1) is 11.1. The van der Waals surface area contributed by atoms with E-state index in [-0.39, 0.29) is 11.3 Å². The second-order valence-electron chi connectivity index (χ2n) is 8.13. The molecule has 1 aromatic heterocycles. The topological polar surface area (TPSA) is 62.5 Å². The minimum Gasteiger partial charge on any atom is -0.339 e. The Labute approximate surface area is 150 Å². The molecule has 0 saturated carbocycles. The summed E-state index contributed by atoms with van der Waals surface area (Å²) >= 11 is 1.74. The molecule has 1 aliphatic heterocycles. The smallest absolute Gasteiger partial charge is 0.242 e. The molecular weight excluding hydrogens is 320 g/mol. The molecule has 1 aliphatic rings. The second-order valence-corrected chi connectivity index (χ2v) is 8.99. The zero-order valence-corrected chi connectivity index (χ0v) is 16.6. The maximum atomic E-state index is 12.6. The van der Waals surface area contributed by atoms with Crippen molar-refractivity contribution in [1.29, 1.82) is 0 Å². The summed E-state index contributed by atoms with van der Waals surface area (Å²) in [5.74, 6) is 0.0904. The van der Waals surface area contributed by atoms with E-state index in [0.29, 0.717) is 0 Å². The third-order valence-electron chi connectivity index (χ3n) is 4.50. The molecule has 2 rings (SSSR count). The van der Waals surface area contributed by atoms with Crippen molar-refractivity contribution in [2.45, 2.75) is 65.0 Å². The van der Waals surface area contributed by atoms with E-state index in [1.165, 1.54) is 5.01 Å². The van der Waals surface area contributed by atoms with Gasteiger partial charge in [0.1, 0.15) is 0 Å². The summed E-state index contributed by atoms with van der Waals surface area (Å²) in [6, 6.07) is 0. The molecular formula is C18H32N4OS. The van der Waals surface area contributed by atoms with Crippen LogP contribution in [-0.2, 0) is 16.8 Å². The molecule has 1 fully saturated rings. The summed E-state index contributed by atoms with van der Waals surface area (Å²) in [6.07, 6.45) is 1.67. The van der Waals surface area contributed by atoms with Gasteiger partial charge in [0.15, 0.2) is 0 Å². The van der Waals surface area contributed by atoms with E-state index in [4.69, 9.17) is 10.7 Å². The Morgan fingerprint density at radius 2 is 1.88 bits per heavy atom. The lowest BCUT2D eigenvalue weighted by Crippen LogP contribution is -2.58. The average molecular weight is 353 g/mol. The molecule has 1 amide bonds. The van der Waals surface area contributed by atoms with Gasteiger partial charge in [-0.1, -0.05) is 34.1 Å². The Bertz CT molecular complexity index is 554. The molecule has 2 heterocycles. The molecule has 5 nitrogen and oxygen atoms in total. The number of thiazole rings is 1. The fraction of sp³-hybridized carbons (Fsp3) is 0.778. The predicted molar refractivity (Wildman–Crippen MR) is 100 cm³/mol. The number of carbonyl (C=O) groups is 1. The van der Waals surface area contributed by atoms with Crippen LogP contribution in [0.1, 0.15) is 58.2 Å². The maximum Gasteiger partial charge on any atom is 0.242 e. The average Bonchev–Trinajstić information content (AvgIpc) is 2.96. The molecule has 0 spiro atoms. The maximum absolute atomic E-state index is 12.6. The summed E-state index contributed by atoms with van der Waals surface area (Å²) in [5.41, 5.74) is 6.71. The summed E-state index contributed by atoms with van der Waals surface area (Å²) in [7, 11) is 0. The number of nitrogens with two attached hydrogens (primary N) is 1. The Morgan fingerprint density at radius 3 is 2.38 bits per heavy atom. The first kappa shape index (κ1) is 19.3. The van der Waals surface area contributed by atoms with Crippen LogP contribution < -0.4 is 5.73 Å². The zero-order chi connectivity index (χ0) is 18.0. The largest absolute Gasteiger partial charge is 0.339 e. The van der Waals surface area contributed by atoms with Gasteiger partial charge in [0, 0.05) is 43.5 Å². The van der Waals surface area contributed by atoms with Crippen LogP contribution in [0.15, 0.2) is 5.38 Å². The lowest BCUT2D eigenvalue weighted by atomic mass is 9.95. The van der Waals surface area contributed by atoms with Crippen LogP contribution in [0.5, 0.6) is 0 Å². The second kappa shape index (κ2) is 7.50. The summed E-state index contributed by atoms with van der Waals surface area (Å²) in [5, 5.41) is 3.35. The van der Waals surface area contributed by atoms with Crippen molar-refractivity contribution in [3.8, 4) is 0 Å².